The molecule has 0 aromatic carbocycles. The van der Waals surface area contributed by atoms with Crippen LogP contribution in [0, 0.1) is 0 Å². The maximum atomic E-state index is 9.88. The van der Waals surface area contributed by atoms with Gasteiger partial charge in [0, 0.05) is 0 Å². The van der Waals surface area contributed by atoms with E-state index in [2.05, 4.69) is 0 Å². The van der Waals surface area contributed by atoms with Gasteiger partial charge in [-0.3, -0.25) is 0 Å². The molecule has 0 unspecified atom stereocenters. The SMILES string of the molecule is F[Si-2](F)(F)(F)(F)F.[Mn+2]. The fraction of sp³-hybridized carbons (Fsp3) is 0. The largest absolute Gasteiger partial charge is 2.00 e. The molecule has 8 heteroatoms. The molecule has 0 aliphatic heterocycles. The summed E-state index contributed by atoms with van der Waals surface area (Å²) in [4.78, 5) is 0. The fourth-order valence-corrected chi connectivity index (χ4v) is 0. The summed E-state index contributed by atoms with van der Waals surface area (Å²) in [6, 6.07) is 0. The molecule has 0 spiro atoms. The molecule has 0 N–H and O–H groups in total. The van der Waals surface area contributed by atoms with Crippen LogP contribution in [-0.2, 0) is 17.1 Å². The van der Waals surface area contributed by atoms with Crippen molar-refractivity contribution in [3.8, 4) is 0 Å². The summed E-state index contributed by atoms with van der Waals surface area (Å²) >= 11 is 0. The van der Waals surface area contributed by atoms with E-state index in [-0.39, 0.29) is 17.1 Å². The Bertz CT molecular complexity index is 67.1. The Labute approximate surface area is 51.2 Å². The normalized spacial score (nSPS) is 20.2. The number of hydrogen-bond donors (Lipinski definition) is 0. The van der Waals surface area contributed by atoms with Crippen LogP contribution < -0.4 is 0 Å². The first-order valence-electron chi connectivity index (χ1n) is 1.13. The van der Waals surface area contributed by atoms with Crippen LogP contribution in [0.4, 0.5) is 24.6 Å². The van der Waals surface area contributed by atoms with Crippen LogP contribution in [0.2, 0.25) is 0 Å². The molecule has 0 atom stereocenters. The van der Waals surface area contributed by atoms with E-state index in [1.54, 1.807) is 0 Å². The molecule has 0 saturated carbocycles. The molecule has 0 rings (SSSR count). The van der Waals surface area contributed by atoms with Crippen molar-refractivity contribution in [3.05, 3.63) is 0 Å². The second-order valence-electron chi connectivity index (χ2n) is 1.07. The van der Waals surface area contributed by atoms with E-state index in [9.17, 15) is 24.6 Å². The molecule has 0 bridgehead atoms. The predicted octanol–water partition coefficient (Wildman–Crippen LogP) is 2.14. The molecular formula is F6MnSi. The summed E-state index contributed by atoms with van der Waals surface area (Å²) in [7, 11) is -10.8. The first-order chi connectivity index (χ1) is 2.45. The maximum Gasteiger partial charge on any atom is 2.00 e. The topological polar surface area (TPSA) is 0 Å². The molecule has 0 heterocycles. The van der Waals surface area contributed by atoms with Gasteiger partial charge < -0.3 is 0 Å². The summed E-state index contributed by atoms with van der Waals surface area (Å²) < 4.78 is 59.3. The van der Waals surface area contributed by atoms with Crippen LogP contribution >= 0.6 is 0 Å². The molecule has 1 radical (unpaired) electrons. The van der Waals surface area contributed by atoms with Gasteiger partial charge in [0.2, 0.25) is 0 Å². The monoisotopic (exact) mass is 197 g/mol. The van der Waals surface area contributed by atoms with Crippen LogP contribution in [0.15, 0.2) is 0 Å². The van der Waals surface area contributed by atoms with Gasteiger partial charge in [0.25, 0.3) is 0 Å². The van der Waals surface area contributed by atoms with Gasteiger partial charge >= 0.3 is 50.3 Å². The van der Waals surface area contributed by atoms with Gasteiger partial charge in [0.1, 0.15) is 0 Å². The summed E-state index contributed by atoms with van der Waals surface area (Å²) in [5, 5.41) is 0. The zero-order valence-corrected chi connectivity index (χ0v) is 5.33. The molecule has 0 aliphatic carbocycles. The molecule has 0 aromatic rings. The number of halogens is 6. The fourth-order valence-electron chi connectivity index (χ4n) is 0. The van der Waals surface area contributed by atoms with Gasteiger partial charge in [-0.1, -0.05) is 0 Å². The Hall–Kier alpha value is 0.316. The van der Waals surface area contributed by atoms with Crippen molar-refractivity contribution in [1.29, 1.82) is 0 Å². The summed E-state index contributed by atoms with van der Waals surface area (Å²) in [6.45, 7) is 0. The quantitative estimate of drug-likeness (QED) is 0.317. The van der Waals surface area contributed by atoms with Crippen LogP contribution in [0.1, 0.15) is 0 Å². The van der Waals surface area contributed by atoms with Crippen molar-refractivity contribution in [2.75, 3.05) is 0 Å². The van der Waals surface area contributed by atoms with Gasteiger partial charge in [-0.15, -0.1) is 0 Å². The van der Waals surface area contributed by atoms with Crippen LogP contribution in [0.25, 0.3) is 0 Å². The standard InChI is InChI=1S/F6Si.Mn/c1-7(2,3,4,5)6;/q-2;+2. The van der Waals surface area contributed by atoms with Gasteiger partial charge in [-0.25, -0.2) is 0 Å². The Morgan fingerprint density at radius 3 is 0.625 bits per heavy atom. The van der Waals surface area contributed by atoms with Crippen molar-refractivity contribution in [2.45, 2.75) is 0 Å². The van der Waals surface area contributed by atoms with Crippen LogP contribution in [0.3, 0.4) is 0 Å². The molecular weight excluding hydrogens is 197 g/mol. The van der Waals surface area contributed by atoms with Gasteiger partial charge in [-0.2, -0.15) is 0 Å². The summed E-state index contributed by atoms with van der Waals surface area (Å²) in [5.41, 5.74) is 0. The van der Waals surface area contributed by atoms with Crippen LogP contribution in [-0.4, -0.2) is 8.63 Å². The molecule has 53 valence electrons. The van der Waals surface area contributed by atoms with Crippen molar-refractivity contribution in [1.82, 2.24) is 0 Å². The average molecular weight is 197 g/mol. The molecule has 0 amide bonds. The van der Waals surface area contributed by atoms with E-state index in [0.29, 0.717) is 0 Å². The first kappa shape index (κ1) is 11.2. The minimum Gasteiger partial charge on any atom is 2.00 e. The van der Waals surface area contributed by atoms with E-state index in [0.717, 1.165) is 0 Å². The molecule has 0 aromatic heterocycles. The van der Waals surface area contributed by atoms with Crippen molar-refractivity contribution >= 4 is 8.63 Å². The Balaban J connectivity index is 0. The number of hydrogen-bond acceptors (Lipinski definition) is 0. The van der Waals surface area contributed by atoms with Gasteiger partial charge in [-0.05, 0) is 0 Å². The second kappa shape index (κ2) is 1.24. The van der Waals surface area contributed by atoms with Crippen molar-refractivity contribution in [2.24, 2.45) is 0 Å². The van der Waals surface area contributed by atoms with E-state index < -0.39 is 8.63 Å². The van der Waals surface area contributed by atoms with Gasteiger partial charge in [0.15, 0.2) is 0 Å². The zero-order chi connectivity index (χ0) is 6.41. The minimum atomic E-state index is -10.8. The molecule has 0 nitrogen and oxygen atoms in total. The van der Waals surface area contributed by atoms with E-state index in [1.807, 2.05) is 0 Å². The predicted molar refractivity (Wildman–Crippen MR) is 12.4 cm³/mol. The molecule has 0 fully saturated rings. The molecule has 0 saturated heterocycles. The molecule has 8 heavy (non-hydrogen) atoms. The third kappa shape index (κ3) is 1780. The minimum absolute atomic E-state index is 0. The van der Waals surface area contributed by atoms with Gasteiger partial charge in [0.05, 0.1) is 0 Å². The zero-order valence-electron chi connectivity index (χ0n) is 3.15. The first-order valence-corrected chi connectivity index (χ1v) is 3.40. The maximum absolute atomic E-state index is 10.8. The average Bonchev–Trinajstić information content (AvgIpc) is 0.592. The summed E-state index contributed by atoms with van der Waals surface area (Å²) in [5.74, 6) is 0. The second-order valence-corrected chi connectivity index (χ2v) is 3.21. The number of rotatable bonds is 0. The van der Waals surface area contributed by atoms with E-state index in [4.69, 9.17) is 0 Å². The van der Waals surface area contributed by atoms with Crippen molar-refractivity contribution < 1.29 is 41.7 Å². The molecule has 0 aliphatic rings. The Kier molecular flexibility index (Phi) is 1.74. The van der Waals surface area contributed by atoms with Crippen molar-refractivity contribution in [3.63, 3.8) is 0 Å². The Morgan fingerprint density at radius 2 is 0.625 bits per heavy atom. The van der Waals surface area contributed by atoms with E-state index >= 15 is 0 Å². The summed E-state index contributed by atoms with van der Waals surface area (Å²) in [6.07, 6.45) is 0. The Morgan fingerprint density at radius 1 is 0.625 bits per heavy atom. The third-order valence-electron chi connectivity index (χ3n) is 0. The van der Waals surface area contributed by atoms with E-state index in [1.165, 1.54) is 0 Å². The smallest absolute Gasteiger partial charge is 2.00 e. The van der Waals surface area contributed by atoms with Crippen LogP contribution in [0.5, 0.6) is 0 Å². The third-order valence-corrected chi connectivity index (χ3v) is 0.